The zero-order valence-corrected chi connectivity index (χ0v) is 13.7. The van der Waals surface area contributed by atoms with Gasteiger partial charge in [-0.3, -0.25) is 0 Å². The van der Waals surface area contributed by atoms with Crippen LogP contribution < -0.4 is 17.0 Å². The minimum absolute atomic E-state index is 0.127. The van der Waals surface area contributed by atoms with Crippen LogP contribution in [0.4, 0.5) is 0 Å². The fraction of sp³-hybridized carbons (Fsp3) is 0.211. The molecular formula is C19H22N4. The van der Waals surface area contributed by atoms with Crippen LogP contribution >= 0.6 is 0 Å². The third-order valence-electron chi connectivity index (χ3n) is 3.78. The van der Waals surface area contributed by atoms with Crippen molar-refractivity contribution < 1.29 is 0 Å². The number of nitrogens with two attached hydrogens (primary N) is 2. The average Bonchev–Trinajstić information content (AvgIpc) is 2.55. The van der Waals surface area contributed by atoms with E-state index in [2.05, 4.69) is 50.5 Å². The first-order valence-electron chi connectivity index (χ1n) is 7.44. The predicted molar refractivity (Wildman–Crippen MR) is 94.6 cm³/mol. The van der Waals surface area contributed by atoms with Gasteiger partial charge in [-0.25, -0.2) is 5.84 Å². The molecule has 0 fully saturated rings. The summed E-state index contributed by atoms with van der Waals surface area (Å²) in [5, 5.41) is 9.02. The monoisotopic (exact) mass is 306 g/mol. The number of rotatable bonds is 3. The van der Waals surface area contributed by atoms with Crippen molar-refractivity contribution in [2.45, 2.75) is 26.2 Å². The summed E-state index contributed by atoms with van der Waals surface area (Å²) in [5.41, 5.74) is 13.1. The Morgan fingerprint density at radius 3 is 2.22 bits per heavy atom. The van der Waals surface area contributed by atoms with Crippen molar-refractivity contribution >= 4 is 5.70 Å². The van der Waals surface area contributed by atoms with Gasteiger partial charge in [-0.15, -0.1) is 0 Å². The second-order valence-corrected chi connectivity index (χ2v) is 6.45. The smallest absolute Gasteiger partial charge is 0.151 e. The lowest BCUT2D eigenvalue weighted by molar-refractivity contribution is 0.590. The lowest BCUT2D eigenvalue weighted by Crippen LogP contribution is -2.23. The van der Waals surface area contributed by atoms with Crippen LogP contribution in [0.3, 0.4) is 0 Å². The molecule has 0 aliphatic heterocycles. The highest BCUT2D eigenvalue weighted by Crippen LogP contribution is 2.27. The fourth-order valence-corrected chi connectivity index (χ4v) is 2.34. The number of hydrogen-bond acceptors (Lipinski definition) is 4. The van der Waals surface area contributed by atoms with Crippen molar-refractivity contribution in [1.82, 2.24) is 5.43 Å². The van der Waals surface area contributed by atoms with Crippen LogP contribution in [0.2, 0.25) is 0 Å². The van der Waals surface area contributed by atoms with Crippen molar-refractivity contribution in [1.29, 1.82) is 5.26 Å². The molecule has 0 aromatic heterocycles. The highest BCUT2D eigenvalue weighted by atomic mass is 15.2. The number of hydrazine groups is 1. The molecule has 0 aliphatic carbocycles. The van der Waals surface area contributed by atoms with Gasteiger partial charge in [-0.1, -0.05) is 63.2 Å². The summed E-state index contributed by atoms with van der Waals surface area (Å²) in [7, 11) is 0. The van der Waals surface area contributed by atoms with Gasteiger partial charge in [-0.2, -0.15) is 5.26 Å². The highest BCUT2D eigenvalue weighted by Gasteiger charge is 2.13. The van der Waals surface area contributed by atoms with Gasteiger partial charge in [0.15, 0.2) is 5.70 Å². The third kappa shape index (κ3) is 3.71. The average molecular weight is 306 g/mol. The summed E-state index contributed by atoms with van der Waals surface area (Å²) in [6.45, 7) is 6.58. The Balaban J connectivity index is 2.41. The van der Waals surface area contributed by atoms with E-state index in [-0.39, 0.29) is 11.1 Å². The van der Waals surface area contributed by atoms with E-state index >= 15 is 0 Å². The van der Waals surface area contributed by atoms with Crippen LogP contribution in [0, 0.1) is 11.3 Å². The molecule has 2 aromatic carbocycles. The van der Waals surface area contributed by atoms with Crippen molar-refractivity contribution in [3.8, 4) is 17.2 Å². The summed E-state index contributed by atoms with van der Waals surface area (Å²) in [4.78, 5) is 0. The maximum absolute atomic E-state index is 9.02. The van der Waals surface area contributed by atoms with Gasteiger partial charge in [0.25, 0.3) is 0 Å². The normalized spacial score (nSPS) is 12.3. The van der Waals surface area contributed by atoms with E-state index in [1.165, 1.54) is 5.56 Å². The maximum atomic E-state index is 9.02. The van der Waals surface area contributed by atoms with E-state index in [1.807, 2.05) is 30.3 Å². The number of nitrogens with one attached hydrogen (secondary N) is 1. The minimum Gasteiger partial charge on any atom is -0.396 e. The lowest BCUT2D eigenvalue weighted by atomic mass is 9.86. The summed E-state index contributed by atoms with van der Waals surface area (Å²) in [6.07, 6.45) is 0. The molecule has 0 spiro atoms. The topological polar surface area (TPSA) is 87.9 Å². The summed E-state index contributed by atoms with van der Waals surface area (Å²) < 4.78 is 0. The Morgan fingerprint density at radius 1 is 1.04 bits per heavy atom. The molecule has 5 N–H and O–H groups in total. The van der Waals surface area contributed by atoms with E-state index in [4.69, 9.17) is 16.8 Å². The predicted octanol–water partition coefficient (Wildman–Crippen LogP) is 3.27. The molecular weight excluding hydrogens is 284 g/mol. The summed E-state index contributed by atoms with van der Waals surface area (Å²) in [6, 6.07) is 18.2. The van der Waals surface area contributed by atoms with Gasteiger partial charge in [0.05, 0.1) is 5.70 Å². The molecule has 0 saturated carbocycles. The highest BCUT2D eigenvalue weighted by molar-refractivity contribution is 5.74. The Bertz CT molecular complexity index is 759. The van der Waals surface area contributed by atoms with Crippen LogP contribution in [-0.4, -0.2) is 0 Å². The standard InChI is InChI=1S/C19H22N4/c1-19(2,3)16-9-7-13(8-10-16)14-5-4-6-15(11-14)18(21)17(12-20)23-22/h4-11,23H,21-22H2,1-3H3/b18-17-. The van der Waals surface area contributed by atoms with Gasteiger partial charge in [0.2, 0.25) is 0 Å². The first kappa shape index (κ1) is 16.6. The molecule has 23 heavy (non-hydrogen) atoms. The SMILES string of the molecule is CC(C)(C)c1ccc(-c2cccc(/C(N)=C(\C#N)NN)c2)cc1. The van der Waals surface area contributed by atoms with Crippen LogP contribution in [0.1, 0.15) is 31.9 Å². The van der Waals surface area contributed by atoms with E-state index in [9.17, 15) is 0 Å². The van der Waals surface area contributed by atoms with Gasteiger partial charge >= 0.3 is 0 Å². The molecule has 2 aromatic rings. The first-order chi connectivity index (χ1) is 10.9. The van der Waals surface area contributed by atoms with Gasteiger partial charge in [-0.05, 0) is 28.2 Å². The largest absolute Gasteiger partial charge is 0.396 e. The molecule has 0 amide bonds. The van der Waals surface area contributed by atoms with Crippen molar-refractivity contribution in [3.63, 3.8) is 0 Å². The second-order valence-electron chi connectivity index (χ2n) is 6.45. The van der Waals surface area contributed by atoms with Gasteiger partial charge in [0, 0.05) is 5.56 Å². The number of benzene rings is 2. The zero-order chi connectivity index (χ0) is 17.0. The molecule has 118 valence electrons. The quantitative estimate of drug-likeness (QED) is 0.461. The van der Waals surface area contributed by atoms with E-state index in [0.717, 1.165) is 16.7 Å². The van der Waals surface area contributed by atoms with Crippen molar-refractivity contribution in [2.24, 2.45) is 11.6 Å². The maximum Gasteiger partial charge on any atom is 0.151 e. The zero-order valence-electron chi connectivity index (χ0n) is 13.7. The Hall–Kier alpha value is -2.77. The molecule has 0 atom stereocenters. The number of allylic oxidation sites excluding steroid dienone is 1. The Labute approximate surface area is 137 Å². The third-order valence-corrected chi connectivity index (χ3v) is 3.78. The molecule has 0 bridgehead atoms. The van der Waals surface area contributed by atoms with Gasteiger partial charge < -0.3 is 11.2 Å². The van der Waals surface area contributed by atoms with Crippen LogP contribution in [0.5, 0.6) is 0 Å². The molecule has 4 nitrogen and oxygen atoms in total. The van der Waals surface area contributed by atoms with Gasteiger partial charge in [0.1, 0.15) is 6.07 Å². The van der Waals surface area contributed by atoms with Crippen molar-refractivity contribution in [3.05, 3.63) is 65.4 Å². The molecule has 0 heterocycles. The second kappa shape index (κ2) is 6.55. The Morgan fingerprint density at radius 2 is 1.70 bits per heavy atom. The van der Waals surface area contributed by atoms with Crippen LogP contribution in [0.25, 0.3) is 16.8 Å². The molecule has 0 aliphatic rings. The molecule has 0 unspecified atom stereocenters. The molecule has 0 radical (unpaired) electrons. The number of nitrogens with zero attached hydrogens (tertiary/aromatic N) is 1. The van der Waals surface area contributed by atoms with E-state index in [1.54, 1.807) is 0 Å². The molecule has 4 heteroatoms. The van der Waals surface area contributed by atoms with Crippen LogP contribution in [0.15, 0.2) is 54.2 Å². The molecule has 2 rings (SSSR count). The van der Waals surface area contributed by atoms with E-state index in [0.29, 0.717) is 5.70 Å². The van der Waals surface area contributed by atoms with Crippen LogP contribution in [-0.2, 0) is 5.41 Å². The minimum atomic E-state index is 0.127. The fourth-order valence-electron chi connectivity index (χ4n) is 2.34. The first-order valence-corrected chi connectivity index (χ1v) is 7.44. The molecule has 0 saturated heterocycles. The lowest BCUT2D eigenvalue weighted by Gasteiger charge is -2.19. The number of hydrogen-bond donors (Lipinski definition) is 3. The summed E-state index contributed by atoms with van der Waals surface area (Å²) in [5.74, 6) is 5.32. The summed E-state index contributed by atoms with van der Waals surface area (Å²) >= 11 is 0. The van der Waals surface area contributed by atoms with Crippen molar-refractivity contribution in [2.75, 3.05) is 0 Å². The number of nitriles is 1. The Kier molecular flexibility index (Phi) is 4.73. The van der Waals surface area contributed by atoms with E-state index < -0.39 is 0 Å².